The second kappa shape index (κ2) is 8.31. The summed E-state index contributed by atoms with van der Waals surface area (Å²) in [6, 6.07) is 19.5. The van der Waals surface area contributed by atoms with Crippen LogP contribution in [-0.2, 0) is 6.42 Å². The summed E-state index contributed by atoms with van der Waals surface area (Å²) >= 11 is 0. The van der Waals surface area contributed by atoms with Gasteiger partial charge in [-0.15, -0.1) is 0 Å². The maximum Gasteiger partial charge on any atom is 0.0708 e. The Morgan fingerprint density at radius 3 is 2.35 bits per heavy atom. The summed E-state index contributed by atoms with van der Waals surface area (Å²) in [7, 11) is 0. The highest BCUT2D eigenvalue weighted by atomic mass is 14.7. The molecule has 1 aromatic heterocycles. The van der Waals surface area contributed by atoms with Gasteiger partial charge in [0.2, 0.25) is 0 Å². The van der Waals surface area contributed by atoms with Gasteiger partial charge in [0.1, 0.15) is 0 Å². The SMILES string of the molecule is CCCc1cccc(-c2cc(C)c(-c3ccccc3)cn2)c1[C@@H](C)CC. The van der Waals surface area contributed by atoms with Crippen molar-refractivity contribution in [2.45, 2.75) is 52.9 Å². The summed E-state index contributed by atoms with van der Waals surface area (Å²) in [4.78, 5) is 4.86. The molecule has 0 aliphatic rings. The van der Waals surface area contributed by atoms with Gasteiger partial charge < -0.3 is 0 Å². The molecule has 0 amide bonds. The number of hydrogen-bond donors (Lipinski definition) is 0. The Bertz CT molecular complexity index is 865. The van der Waals surface area contributed by atoms with E-state index < -0.39 is 0 Å². The molecule has 0 unspecified atom stereocenters. The van der Waals surface area contributed by atoms with E-state index in [9.17, 15) is 0 Å². The van der Waals surface area contributed by atoms with Crippen LogP contribution in [0.15, 0.2) is 60.8 Å². The van der Waals surface area contributed by atoms with E-state index in [0.29, 0.717) is 5.92 Å². The highest BCUT2D eigenvalue weighted by molar-refractivity contribution is 5.72. The first-order chi connectivity index (χ1) is 12.7. The number of hydrogen-bond acceptors (Lipinski definition) is 1. The molecule has 3 rings (SSSR count). The Kier molecular flexibility index (Phi) is 5.88. The number of pyridine rings is 1. The van der Waals surface area contributed by atoms with Crippen molar-refractivity contribution >= 4 is 0 Å². The third kappa shape index (κ3) is 3.72. The van der Waals surface area contributed by atoms with Crippen LogP contribution in [0.5, 0.6) is 0 Å². The molecule has 2 aromatic carbocycles. The van der Waals surface area contributed by atoms with Crippen molar-refractivity contribution in [2.75, 3.05) is 0 Å². The molecule has 0 saturated heterocycles. The van der Waals surface area contributed by atoms with E-state index in [-0.39, 0.29) is 0 Å². The summed E-state index contributed by atoms with van der Waals surface area (Å²) in [5.41, 5.74) is 9.07. The average molecular weight is 344 g/mol. The highest BCUT2D eigenvalue weighted by Gasteiger charge is 2.16. The molecule has 1 atom stereocenters. The molecule has 1 heteroatoms. The number of benzene rings is 2. The molecule has 3 aromatic rings. The van der Waals surface area contributed by atoms with E-state index in [2.05, 4.69) is 82.3 Å². The topological polar surface area (TPSA) is 12.9 Å². The quantitative estimate of drug-likeness (QED) is 0.461. The summed E-state index contributed by atoms with van der Waals surface area (Å²) in [5.74, 6) is 0.545. The lowest BCUT2D eigenvalue weighted by molar-refractivity contribution is 0.719. The van der Waals surface area contributed by atoms with Crippen LogP contribution in [0.25, 0.3) is 22.4 Å². The molecule has 0 fully saturated rings. The van der Waals surface area contributed by atoms with Crippen LogP contribution in [0, 0.1) is 6.92 Å². The van der Waals surface area contributed by atoms with Crippen molar-refractivity contribution < 1.29 is 0 Å². The van der Waals surface area contributed by atoms with Crippen LogP contribution >= 0.6 is 0 Å². The third-order valence-electron chi connectivity index (χ3n) is 5.29. The van der Waals surface area contributed by atoms with Gasteiger partial charge >= 0.3 is 0 Å². The zero-order valence-electron chi connectivity index (χ0n) is 16.4. The summed E-state index contributed by atoms with van der Waals surface area (Å²) in [6.07, 6.45) is 5.49. The minimum Gasteiger partial charge on any atom is -0.256 e. The molecular formula is C25H29N. The Balaban J connectivity index is 2.09. The molecule has 1 heterocycles. The van der Waals surface area contributed by atoms with Crippen molar-refractivity contribution in [1.29, 1.82) is 0 Å². The van der Waals surface area contributed by atoms with Crippen molar-refractivity contribution in [2.24, 2.45) is 0 Å². The maximum atomic E-state index is 4.86. The Morgan fingerprint density at radius 1 is 0.923 bits per heavy atom. The molecule has 0 aliphatic carbocycles. The summed E-state index contributed by atoms with van der Waals surface area (Å²) < 4.78 is 0. The molecule has 0 bridgehead atoms. The first-order valence-electron chi connectivity index (χ1n) is 9.79. The van der Waals surface area contributed by atoms with Crippen LogP contribution in [-0.4, -0.2) is 4.98 Å². The van der Waals surface area contributed by atoms with Crippen molar-refractivity contribution in [3.63, 3.8) is 0 Å². The minimum absolute atomic E-state index is 0.545. The van der Waals surface area contributed by atoms with Gasteiger partial charge in [-0.2, -0.15) is 0 Å². The Morgan fingerprint density at radius 2 is 1.69 bits per heavy atom. The van der Waals surface area contributed by atoms with Gasteiger partial charge in [0.05, 0.1) is 5.69 Å². The van der Waals surface area contributed by atoms with Crippen molar-refractivity contribution in [1.82, 2.24) is 4.98 Å². The molecule has 1 nitrogen and oxygen atoms in total. The molecule has 134 valence electrons. The van der Waals surface area contributed by atoms with Crippen LogP contribution in [0.4, 0.5) is 0 Å². The number of nitrogens with zero attached hydrogens (tertiary/aromatic N) is 1. The van der Waals surface area contributed by atoms with Crippen molar-refractivity contribution in [3.8, 4) is 22.4 Å². The fourth-order valence-electron chi connectivity index (χ4n) is 3.73. The van der Waals surface area contributed by atoms with Gasteiger partial charge in [-0.05, 0) is 54.0 Å². The molecule has 0 aliphatic heterocycles. The van der Waals surface area contributed by atoms with E-state index in [1.165, 1.54) is 39.8 Å². The lowest BCUT2D eigenvalue weighted by Crippen LogP contribution is -2.03. The second-order valence-electron chi connectivity index (χ2n) is 7.19. The smallest absolute Gasteiger partial charge is 0.0708 e. The fraction of sp³-hybridized carbons (Fsp3) is 0.320. The number of aromatic nitrogens is 1. The molecule has 0 radical (unpaired) electrons. The van der Waals surface area contributed by atoms with E-state index in [1.54, 1.807) is 0 Å². The fourth-order valence-corrected chi connectivity index (χ4v) is 3.73. The van der Waals surface area contributed by atoms with Gasteiger partial charge in [-0.1, -0.05) is 75.7 Å². The Hall–Kier alpha value is -2.41. The normalized spacial score (nSPS) is 12.2. The zero-order valence-corrected chi connectivity index (χ0v) is 16.4. The number of rotatable bonds is 6. The van der Waals surface area contributed by atoms with Crippen LogP contribution in [0.3, 0.4) is 0 Å². The first kappa shape index (κ1) is 18.4. The standard InChI is InChI=1S/C25H29N/c1-5-11-21-14-10-15-22(25(21)18(3)6-2)24-16-19(4)23(17-26-24)20-12-8-7-9-13-20/h7-10,12-18H,5-6,11H2,1-4H3/t18-/m0/s1. The lowest BCUT2D eigenvalue weighted by Gasteiger charge is -2.20. The third-order valence-corrected chi connectivity index (χ3v) is 5.29. The average Bonchev–Trinajstić information content (AvgIpc) is 2.68. The van der Waals surface area contributed by atoms with E-state index >= 15 is 0 Å². The predicted octanol–water partition coefficient (Wildman–Crippen LogP) is 7.19. The first-order valence-corrected chi connectivity index (χ1v) is 9.79. The van der Waals surface area contributed by atoms with Crippen LogP contribution in [0.2, 0.25) is 0 Å². The van der Waals surface area contributed by atoms with E-state index in [1.807, 2.05) is 6.20 Å². The lowest BCUT2D eigenvalue weighted by atomic mass is 9.86. The Labute approximate surface area is 158 Å². The summed E-state index contributed by atoms with van der Waals surface area (Å²) in [6.45, 7) is 9.05. The van der Waals surface area contributed by atoms with E-state index in [4.69, 9.17) is 4.98 Å². The predicted molar refractivity (Wildman–Crippen MR) is 113 cm³/mol. The van der Waals surface area contributed by atoms with Gasteiger partial charge in [-0.25, -0.2) is 0 Å². The largest absolute Gasteiger partial charge is 0.256 e. The van der Waals surface area contributed by atoms with Gasteiger partial charge in [0.25, 0.3) is 0 Å². The maximum absolute atomic E-state index is 4.86. The summed E-state index contributed by atoms with van der Waals surface area (Å²) in [5, 5.41) is 0. The monoisotopic (exact) mass is 343 g/mol. The minimum atomic E-state index is 0.545. The zero-order chi connectivity index (χ0) is 18.5. The van der Waals surface area contributed by atoms with E-state index in [0.717, 1.165) is 18.5 Å². The molecular weight excluding hydrogens is 314 g/mol. The molecule has 0 N–H and O–H groups in total. The van der Waals surface area contributed by atoms with Crippen molar-refractivity contribution in [3.05, 3.63) is 77.5 Å². The number of aryl methyl sites for hydroxylation is 2. The van der Waals surface area contributed by atoms with Gasteiger partial charge in [0.15, 0.2) is 0 Å². The molecule has 0 saturated carbocycles. The van der Waals surface area contributed by atoms with Crippen LogP contribution in [0.1, 0.15) is 56.2 Å². The second-order valence-corrected chi connectivity index (χ2v) is 7.19. The van der Waals surface area contributed by atoms with Gasteiger partial charge in [0, 0.05) is 17.3 Å². The van der Waals surface area contributed by atoms with Crippen LogP contribution < -0.4 is 0 Å². The van der Waals surface area contributed by atoms with Gasteiger partial charge in [-0.3, -0.25) is 4.98 Å². The highest BCUT2D eigenvalue weighted by Crippen LogP contribution is 2.35. The molecule has 26 heavy (non-hydrogen) atoms. The molecule has 0 spiro atoms.